The number of ether oxygens (including phenoxy) is 1. The zero-order valence-corrected chi connectivity index (χ0v) is 13.7. The lowest BCUT2D eigenvalue weighted by molar-refractivity contribution is -0.141. The molecule has 4 nitrogen and oxygen atoms in total. The van der Waals surface area contributed by atoms with E-state index >= 15 is 0 Å². The van der Waals surface area contributed by atoms with Gasteiger partial charge in [0.25, 0.3) is 5.91 Å². The van der Waals surface area contributed by atoms with Gasteiger partial charge in [-0.3, -0.25) is 4.79 Å². The molecule has 0 aromatic heterocycles. The standard InChI is InChI=1S/C16H23F3N2O2/c1-10(2)15(4,9-20)21-14(22)11(3)23-13-8-6-5-7-12(13)16(17,18)19/h5-8,10-11H,9,20H2,1-4H3,(H,21,22). The summed E-state index contributed by atoms with van der Waals surface area (Å²) in [5.41, 5.74) is 4.12. The number of rotatable bonds is 6. The highest BCUT2D eigenvalue weighted by Gasteiger charge is 2.35. The number of hydrogen-bond acceptors (Lipinski definition) is 3. The highest BCUT2D eigenvalue weighted by molar-refractivity contribution is 5.81. The number of benzene rings is 1. The van der Waals surface area contributed by atoms with Gasteiger partial charge in [0.05, 0.1) is 11.1 Å². The molecule has 0 aliphatic heterocycles. The van der Waals surface area contributed by atoms with Gasteiger partial charge in [0.1, 0.15) is 5.75 Å². The number of carbonyl (C=O) groups is 1. The maximum atomic E-state index is 12.9. The molecule has 0 bridgehead atoms. The van der Waals surface area contributed by atoms with Crippen molar-refractivity contribution >= 4 is 5.91 Å². The molecule has 0 aliphatic carbocycles. The largest absolute Gasteiger partial charge is 0.480 e. The zero-order chi connectivity index (χ0) is 17.8. The van der Waals surface area contributed by atoms with Crippen molar-refractivity contribution in [2.24, 2.45) is 11.7 Å². The fourth-order valence-electron chi connectivity index (χ4n) is 1.86. The van der Waals surface area contributed by atoms with Gasteiger partial charge in [0.15, 0.2) is 6.10 Å². The Morgan fingerprint density at radius 3 is 2.30 bits per heavy atom. The van der Waals surface area contributed by atoms with Crippen LogP contribution in [0, 0.1) is 5.92 Å². The normalized spacial score (nSPS) is 15.9. The van der Waals surface area contributed by atoms with Gasteiger partial charge >= 0.3 is 6.18 Å². The van der Waals surface area contributed by atoms with Crippen molar-refractivity contribution in [1.82, 2.24) is 5.32 Å². The number of nitrogens with one attached hydrogen (secondary N) is 1. The Morgan fingerprint density at radius 2 is 1.83 bits per heavy atom. The Hall–Kier alpha value is -1.76. The number of carbonyl (C=O) groups excluding carboxylic acids is 1. The first-order valence-corrected chi connectivity index (χ1v) is 7.36. The van der Waals surface area contributed by atoms with Crippen LogP contribution in [0.1, 0.15) is 33.3 Å². The van der Waals surface area contributed by atoms with Crippen LogP contribution in [0.4, 0.5) is 13.2 Å². The van der Waals surface area contributed by atoms with Crippen molar-refractivity contribution < 1.29 is 22.7 Å². The third kappa shape index (κ3) is 4.86. The third-order valence-corrected chi connectivity index (χ3v) is 3.97. The molecule has 3 N–H and O–H groups in total. The smallest absolute Gasteiger partial charge is 0.419 e. The minimum absolute atomic E-state index is 0.0612. The molecule has 1 rings (SSSR count). The molecule has 1 aromatic rings. The fourth-order valence-corrected chi connectivity index (χ4v) is 1.86. The Kier molecular flexibility index (Phi) is 6.04. The number of amides is 1. The van der Waals surface area contributed by atoms with E-state index < -0.39 is 29.3 Å². The van der Waals surface area contributed by atoms with E-state index in [9.17, 15) is 18.0 Å². The highest BCUT2D eigenvalue weighted by Crippen LogP contribution is 2.36. The highest BCUT2D eigenvalue weighted by atomic mass is 19.4. The van der Waals surface area contributed by atoms with Gasteiger partial charge in [0, 0.05) is 6.54 Å². The summed E-state index contributed by atoms with van der Waals surface area (Å²) >= 11 is 0. The molecule has 0 saturated heterocycles. The van der Waals surface area contributed by atoms with E-state index in [1.807, 2.05) is 13.8 Å². The summed E-state index contributed by atoms with van der Waals surface area (Å²) in [4.78, 5) is 12.2. The van der Waals surface area contributed by atoms with Crippen LogP contribution in [0.5, 0.6) is 5.75 Å². The van der Waals surface area contributed by atoms with Crippen molar-refractivity contribution in [1.29, 1.82) is 0 Å². The summed E-state index contributed by atoms with van der Waals surface area (Å²) in [5.74, 6) is -0.823. The first kappa shape index (κ1) is 19.3. The van der Waals surface area contributed by atoms with Crippen LogP contribution >= 0.6 is 0 Å². The predicted octanol–water partition coefficient (Wildman–Crippen LogP) is 2.96. The van der Waals surface area contributed by atoms with Crippen LogP contribution in [-0.2, 0) is 11.0 Å². The molecule has 0 saturated carbocycles. The van der Waals surface area contributed by atoms with Gasteiger partial charge in [-0.15, -0.1) is 0 Å². The summed E-state index contributed by atoms with van der Waals surface area (Å²) in [5, 5.41) is 2.75. The Labute approximate surface area is 134 Å². The Bertz CT molecular complexity index is 546. The molecular weight excluding hydrogens is 309 g/mol. The molecule has 130 valence electrons. The SMILES string of the molecule is CC(Oc1ccccc1C(F)(F)F)C(=O)NC(C)(CN)C(C)C. The van der Waals surface area contributed by atoms with E-state index in [0.717, 1.165) is 6.07 Å². The minimum atomic E-state index is -4.55. The average Bonchev–Trinajstić information content (AvgIpc) is 2.46. The number of halogens is 3. The second-order valence-corrected chi connectivity index (χ2v) is 6.02. The Balaban J connectivity index is 2.89. The third-order valence-electron chi connectivity index (χ3n) is 3.97. The Morgan fingerprint density at radius 1 is 1.26 bits per heavy atom. The summed E-state index contributed by atoms with van der Waals surface area (Å²) in [6.07, 6.45) is -5.63. The van der Waals surface area contributed by atoms with Gasteiger partial charge in [-0.2, -0.15) is 13.2 Å². The van der Waals surface area contributed by atoms with E-state index in [-0.39, 0.29) is 18.2 Å². The van der Waals surface area contributed by atoms with E-state index in [0.29, 0.717) is 0 Å². The summed E-state index contributed by atoms with van der Waals surface area (Å²) in [6.45, 7) is 7.20. The molecule has 0 aliphatic rings. The average molecular weight is 332 g/mol. The second kappa shape index (κ2) is 7.21. The molecule has 0 spiro atoms. The first-order valence-electron chi connectivity index (χ1n) is 7.36. The van der Waals surface area contributed by atoms with Crippen molar-refractivity contribution in [3.8, 4) is 5.75 Å². The predicted molar refractivity (Wildman–Crippen MR) is 82.0 cm³/mol. The molecular formula is C16H23F3N2O2. The van der Waals surface area contributed by atoms with E-state index in [1.165, 1.54) is 25.1 Å². The van der Waals surface area contributed by atoms with Crippen LogP contribution < -0.4 is 15.8 Å². The summed E-state index contributed by atoms with van der Waals surface area (Å²) in [7, 11) is 0. The molecule has 2 unspecified atom stereocenters. The fraction of sp³-hybridized carbons (Fsp3) is 0.562. The molecule has 0 heterocycles. The van der Waals surface area contributed by atoms with Crippen LogP contribution in [0.25, 0.3) is 0 Å². The second-order valence-electron chi connectivity index (χ2n) is 6.02. The topological polar surface area (TPSA) is 64.3 Å². The van der Waals surface area contributed by atoms with E-state index in [1.54, 1.807) is 6.92 Å². The summed E-state index contributed by atoms with van der Waals surface area (Å²) in [6, 6.07) is 4.80. The van der Waals surface area contributed by atoms with E-state index in [2.05, 4.69) is 5.32 Å². The number of hydrogen-bond donors (Lipinski definition) is 2. The lowest BCUT2D eigenvalue weighted by Gasteiger charge is -2.34. The lowest BCUT2D eigenvalue weighted by atomic mass is 9.88. The number of para-hydroxylation sites is 1. The molecule has 0 fully saturated rings. The van der Waals surface area contributed by atoms with Crippen molar-refractivity contribution in [3.63, 3.8) is 0 Å². The quantitative estimate of drug-likeness (QED) is 0.842. The maximum absolute atomic E-state index is 12.9. The first-order chi connectivity index (χ1) is 10.5. The van der Waals surface area contributed by atoms with Crippen LogP contribution in [0.3, 0.4) is 0 Å². The van der Waals surface area contributed by atoms with Gasteiger partial charge in [-0.1, -0.05) is 26.0 Å². The maximum Gasteiger partial charge on any atom is 0.419 e. The monoisotopic (exact) mass is 332 g/mol. The van der Waals surface area contributed by atoms with Crippen LogP contribution in [0.2, 0.25) is 0 Å². The van der Waals surface area contributed by atoms with Crippen LogP contribution in [-0.4, -0.2) is 24.1 Å². The minimum Gasteiger partial charge on any atom is -0.480 e. The van der Waals surface area contributed by atoms with Gasteiger partial charge < -0.3 is 15.8 Å². The molecule has 1 aromatic carbocycles. The van der Waals surface area contributed by atoms with Crippen molar-refractivity contribution in [2.75, 3.05) is 6.54 Å². The molecule has 0 radical (unpaired) electrons. The molecule has 23 heavy (non-hydrogen) atoms. The lowest BCUT2D eigenvalue weighted by Crippen LogP contribution is -2.57. The number of nitrogens with two attached hydrogens (primary N) is 1. The van der Waals surface area contributed by atoms with Crippen molar-refractivity contribution in [3.05, 3.63) is 29.8 Å². The molecule has 7 heteroatoms. The van der Waals surface area contributed by atoms with E-state index in [4.69, 9.17) is 10.5 Å². The van der Waals surface area contributed by atoms with Gasteiger partial charge in [-0.25, -0.2) is 0 Å². The molecule has 2 atom stereocenters. The van der Waals surface area contributed by atoms with Crippen LogP contribution in [0.15, 0.2) is 24.3 Å². The van der Waals surface area contributed by atoms with Gasteiger partial charge in [-0.05, 0) is 31.9 Å². The summed E-state index contributed by atoms with van der Waals surface area (Å²) < 4.78 is 44.0. The zero-order valence-electron chi connectivity index (χ0n) is 13.7. The van der Waals surface area contributed by atoms with Crippen molar-refractivity contribution in [2.45, 2.75) is 45.5 Å². The van der Waals surface area contributed by atoms with Gasteiger partial charge in [0.2, 0.25) is 0 Å². The molecule has 1 amide bonds. The number of alkyl halides is 3.